The van der Waals surface area contributed by atoms with Crippen molar-refractivity contribution in [1.82, 2.24) is 9.88 Å². The fourth-order valence-corrected chi connectivity index (χ4v) is 1.65. The summed E-state index contributed by atoms with van der Waals surface area (Å²) in [6.45, 7) is 1.43. The van der Waals surface area contributed by atoms with Gasteiger partial charge in [0.25, 0.3) is 5.91 Å². The molecule has 1 aromatic rings. The summed E-state index contributed by atoms with van der Waals surface area (Å²) >= 11 is 0. The van der Waals surface area contributed by atoms with E-state index in [4.69, 9.17) is 5.73 Å². The summed E-state index contributed by atoms with van der Waals surface area (Å²) < 4.78 is 0. The lowest BCUT2D eigenvalue weighted by atomic mass is 10.2. The quantitative estimate of drug-likeness (QED) is 0.826. The number of rotatable bonds is 1. The summed E-state index contributed by atoms with van der Waals surface area (Å²) in [4.78, 5) is 17.5. The fraction of sp³-hybridized carbons (Fsp3) is 0.400. The molecule has 0 bridgehead atoms. The van der Waals surface area contributed by atoms with Gasteiger partial charge in [0, 0.05) is 37.1 Å². The summed E-state index contributed by atoms with van der Waals surface area (Å²) in [6, 6.07) is 3.60. The van der Waals surface area contributed by atoms with Gasteiger partial charge in [-0.1, -0.05) is 0 Å². The fourth-order valence-electron chi connectivity index (χ4n) is 1.65. The van der Waals surface area contributed by atoms with Crippen LogP contribution in [0, 0.1) is 0 Å². The molecule has 1 atom stereocenters. The summed E-state index contributed by atoms with van der Waals surface area (Å²) in [6.07, 6.45) is 4.16. The molecule has 0 radical (unpaired) electrons. The molecule has 4 nitrogen and oxygen atoms in total. The van der Waals surface area contributed by atoms with Crippen molar-refractivity contribution in [3.05, 3.63) is 30.1 Å². The zero-order valence-electron chi connectivity index (χ0n) is 8.70. The van der Waals surface area contributed by atoms with Crippen LogP contribution in [0.1, 0.15) is 16.8 Å². The van der Waals surface area contributed by atoms with Crippen LogP contribution in [-0.4, -0.2) is 34.9 Å². The SMILES string of the molecule is Cl.Cl.N[C@H]1CCN(C(=O)c2ccncc2)C1. The van der Waals surface area contributed by atoms with Crippen molar-refractivity contribution in [3.8, 4) is 0 Å². The minimum Gasteiger partial charge on any atom is -0.337 e. The van der Waals surface area contributed by atoms with Crippen molar-refractivity contribution in [2.75, 3.05) is 13.1 Å². The van der Waals surface area contributed by atoms with Gasteiger partial charge in [0.05, 0.1) is 0 Å². The van der Waals surface area contributed by atoms with E-state index >= 15 is 0 Å². The maximum atomic E-state index is 11.8. The van der Waals surface area contributed by atoms with E-state index in [0.717, 1.165) is 13.0 Å². The number of hydrogen-bond donors (Lipinski definition) is 1. The van der Waals surface area contributed by atoms with Gasteiger partial charge >= 0.3 is 0 Å². The number of aromatic nitrogens is 1. The Hall–Kier alpha value is -0.840. The molecule has 0 unspecified atom stereocenters. The van der Waals surface area contributed by atoms with E-state index in [2.05, 4.69) is 4.98 Å². The number of amides is 1. The van der Waals surface area contributed by atoms with Crippen molar-refractivity contribution in [3.63, 3.8) is 0 Å². The summed E-state index contributed by atoms with van der Waals surface area (Å²) in [5.74, 6) is 0.0559. The van der Waals surface area contributed by atoms with Crippen LogP contribution >= 0.6 is 24.8 Å². The average Bonchev–Trinajstić information content (AvgIpc) is 2.65. The van der Waals surface area contributed by atoms with Gasteiger partial charge in [-0.3, -0.25) is 9.78 Å². The van der Waals surface area contributed by atoms with Crippen LogP contribution < -0.4 is 5.73 Å². The molecular formula is C10H15Cl2N3O. The highest BCUT2D eigenvalue weighted by Gasteiger charge is 2.24. The standard InChI is InChI=1S/C10H13N3O.2ClH/c11-9-3-6-13(7-9)10(14)8-1-4-12-5-2-8;;/h1-2,4-5,9H,3,6-7,11H2;2*1H/t9-;;/m0../s1. The summed E-state index contributed by atoms with van der Waals surface area (Å²) in [7, 11) is 0. The molecule has 6 heteroatoms. The van der Waals surface area contributed by atoms with Crippen LogP contribution in [0.25, 0.3) is 0 Å². The Bertz CT molecular complexity index is 334. The van der Waals surface area contributed by atoms with Crippen LogP contribution in [0.4, 0.5) is 0 Å². The topological polar surface area (TPSA) is 59.2 Å². The van der Waals surface area contributed by atoms with Gasteiger partial charge in [-0.25, -0.2) is 0 Å². The third-order valence-corrected chi connectivity index (χ3v) is 2.44. The molecule has 0 aliphatic carbocycles. The lowest BCUT2D eigenvalue weighted by Gasteiger charge is -2.15. The predicted octanol–water partition coefficient (Wildman–Crippen LogP) is 1.10. The number of carbonyl (C=O) groups is 1. The van der Waals surface area contributed by atoms with E-state index in [1.807, 2.05) is 0 Å². The van der Waals surface area contributed by atoms with E-state index in [1.54, 1.807) is 29.4 Å². The number of nitrogens with two attached hydrogens (primary N) is 1. The highest BCUT2D eigenvalue weighted by atomic mass is 35.5. The van der Waals surface area contributed by atoms with Crippen LogP contribution in [0.3, 0.4) is 0 Å². The van der Waals surface area contributed by atoms with Crippen molar-refractivity contribution >= 4 is 30.7 Å². The second-order valence-electron chi connectivity index (χ2n) is 3.54. The Labute approximate surface area is 107 Å². The molecule has 16 heavy (non-hydrogen) atoms. The van der Waals surface area contributed by atoms with Crippen LogP contribution in [0.15, 0.2) is 24.5 Å². The molecule has 1 fully saturated rings. The Morgan fingerprint density at radius 1 is 1.38 bits per heavy atom. The Kier molecular flexibility index (Phi) is 6.33. The Morgan fingerprint density at radius 2 is 2.00 bits per heavy atom. The summed E-state index contributed by atoms with van der Waals surface area (Å²) in [5.41, 5.74) is 6.42. The van der Waals surface area contributed by atoms with Crippen molar-refractivity contribution in [2.45, 2.75) is 12.5 Å². The van der Waals surface area contributed by atoms with Gasteiger partial charge in [0.15, 0.2) is 0 Å². The molecule has 0 saturated carbocycles. The minimum atomic E-state index is 0. The maximum absolute atomic E-state index is 11.8. The van der Waals surface area contributed by atoms with Gasteiger partial charge in [-0.2, -0.15) is 0 Å². The van der Waals surface area contributed by atoms with E-state index in [-0.39, 0.29) is 36.8 Å². The molecule has 1 aliphatic heterocycles. The average molecular weight is 264 g/mol. The lowest BCUT2D eigenvalue weighted by Crippen LogP contribution is -2.31. The number of halogens is 2. The first-order valence-corrected chi connectivity index (χ1v) is 4.72. The van der Waals surface area contributed by atoms with Crippen molar-refractivity contribution in [1.29, 1.82) is 0 Å². The van der Waals surface area contributed by atoms with E-state index < -0.39 is 0 Å². The third kappa shape index (κ3) is 3.33. The molecular weight excluding hydrogens is 249 g/mol. The zero-order chi connectivity index (χ0) is 9.97. The number of nitrogens with zero attached hydrogens (tertiary/aromatic N) is 2. The Balaban J connectivity index is 0.00000112. The minimum absolute atomic E-state index is 0. The molecule has 0 aromatic carbocycles. The first kappa shape index (κ1) is 15.2. The number of pyridine rings is 1. The monoisotopic (exact) mass is 263 g/mol. The molecule has 90 valence electrons. The molecule has 1 saturated heterocycles. The van der Waals surface area contributed by atoms with Crippen LogP contribution in [0.2, 0.25) is 0 Å². The summed E-state index contributed by atoms with van der Waals surface area (Å²) in [5, 5.41) is 0. The van der Waals surface area contributed by atoms with E-state index in [1.165, 1.54) is 0 Å². The molecule has 2 heterocycles. The van der Waals surface area contributed by atoms with Crippen molar-refractivity contribution in [2.24, 2.45) is 5.73 Å². The van der Waals surface area contributed by atoms with E-state index in [0.29, 0.717) is 12.1 Å². The lowest BCUT2D eigenvalue weighted by molar-refractivity contribution is 0.0791. The highest BCUT2D eigenvalue weighted by Crippen LogP contribution is 2.11. The molecule has 2 rings (SSSR count). The maximum Gasteiger partial charge on any atom is 0.254 e. The van der Waals surface area contributed by atoms with Gasteiger partial charge in [-0.15, -0.1) is 24.8 Å². The molecule has 2 N–H and O–H groups in total. The largest absolute Gasteiger partial charge is 0.337 e. The molecule has 1 aliphatic rings. The van der Waals surface area contributed by atoms with Crippen LogP contribution in [0.5, 0.6) is 0 Å². The molecule has 1 amide bonds. The van der Waals surface area contributed by atoms with Gasteiger partial charge in [-0.05, 0) is 18.6 Å². The molecule has 0 spiro atoms. The van der Waals surface area contributed by atoms with Gasteiger partial charge in [0.1, 0.15) is 0 Å². The van der Waals surface area contributed by atoms with E-state index in [9.17, 15) is 4.79 Å². The second-order valence-corrected chi connectivity index (χ2v) is 3.54. The normalized spacial score (nSPS) is 18.6. The smallest absolute Gasteiger partial charge is 0.254 e. The van der Waals surface area contributed by atoms with Crippen molar-refractivity contribution < 1.29 is 4.79 Å². The third-order valence-electron chi connectivity index (χ3n) is 2.44. The van der Waals surface area contributed by atoms with Gasteiger partial charge < -0.3 is 10.6 Å². The Morgan fingerprint density at radius 3 is 2.50 bits per heavy atom. The van der Waals surface area contributed by atoms with Crippen LogP contribution in [-0.2, 0) is 0 Å². The first-order valence-electron chi connectivity index (χ1n) is 4.72. The second kappa shape index (κ2) is 6.68. The highest BCUT2D eigenvalue weighted by molar-refractivity contribution is 5.94. The first-order chi connectivity index (χ1) is 6.77. The number of likely N-dealkylation sites (tertiary alicyclic amines) is 1. The molecule has 1 aromatic heterocycles. The zero-order valence-corrected chi connectivity index (χ0v) is 10.3. The van der Waals surface area contributed by atoms with Gasteiger partial charge in [0.2, 0.25) is 0 Å². The number of carbonyl (C=O) groups excluding carboxylic acids is 1. The number of hydrogen-bond acceptors (Lipinski definition) is 3. The predicted molar refractivity (Wildman–Crippen MR) is 67.2 cm³/mol.